The number of rotatable bonds is 4. The van der Waals surface area contributed by atoms with Crippen molar-refractivity contribution in [2.24, 2.45) is 0 Å². The quantitative estimate of drug-likeness (QED) is 0.846. The third-order valence-corrected chi connectivity index (χ3v) is 2.99. The van der Waals surface area contributed by atoms with Crippen LogP contribution in [0.15, 0.2) is 12.1 Å². The van der Waals surface area contributed by atoms with Gasteiger partial charge in [-0.2, -0.15) is 0 Å². The molecule has 0 radical (unpaired) electrons. The Kier molecular flexibility index (Phi) is 5.56. The fourth-order valence-corrected chi connectivity index (χ4v) is 2.13. The van der Waals surface area contributed by atoms with Crippen LogP contribution >= 0.6 is 12.4 Å². The first-order chi connectivity index (χ1) is 8.30. The Bertz CT molecular complexity index is 364. The molecule has 0 N–H and O–H groups in total. The van der Waals surface area contributed by atoms with Crippen molar-refractivity contribution >= 4 is 12.4 Å². The fraction of sp³-hybridized carbons (Fsp3) is 0.538. The van der Waals surface area contributed by atoms with Gasteiger partial charge in [-0.3, -0.25) is 0 Å². The van der Waals surface area contributed by atoms with Crippen LogP contribution in [0.25, 0.3) is 0 Å². The summed E-state index contributed by atoms with van der Waals surface area (Å²) < 4.78 is 21.6. The minimum Gasteiger partial charge on any atom is -0.493 e. The Hall–Kier alpha value is -1.13. The van der Waals surface area contributed by atoms with Crippen LogP contribution in [-0.4, -0.2) is 27.9 Å². The molecule has 1 aliphatic rings. The molecule has 1 fully saturated rings. The van der Waals surface area contributed by atoms with E-state index in [4.69, 9.17) is 18.9 Å². The van der Waals surface area contributed by atoms with Gasteiger partial charge in [-0.25, -0.2) is 0 Å². The molecule has 0 amide bonds. The van der Waals surface area contributed by atoms with Crippen molar-refractivity contribution in [3.8, 4) is 17.2 Å². The zero-order valence-electron chi connectivity index (χ0n) is 10.9. The first-order valence-electron chi connectivity index (χ1n) is 5.71. The molecule has 5 heteroatoms. The standard InChI is InChI=1S/C13H18O4.ClH/c1-14-11-7-9(10-5-4-6-17-10)8-12(15-2)13(11)16-3;/h7-8,10H,4-6H2,1-3H3;1H. The molecule has 1 aromatic rings. The minimum absolute atomic E-state index is 0. The Morgan fingerprint density at radius 1 is 1.06 bits per heavy atom. The number of hydrogen-bond donors (Lipinski definition) is 0. The first kappa shape index (κ1) is 14.9. The molecular weight excluding hydrogens is 256 g/mol. The summed E-state index contributed by atoms with van der Waals surface area (Å²) in [4.78, 5) is 0. The lowest BCUT2D eigenvalue weighted by Crippen LogP contribution is -2.00. The Morgan fingerprint density at radius 2 is 1.67 bits per heavy atom. The van der Waals surface area contributed by atoms with Gasteiger partial charge in [0.2, 0.25) is 5.75 Å². The zero-order chi connectivity index (χ0) is 12.3. The van der Waals surface area contributed by atoms with Crippen LogP contribution in [0.5, 0.6) is 17.2 Å². The van der Waals surface area contributed by atoms with Crippen LogP contribution in [0.2, 0.25) is 0 Å². The maximum absolute atomic E-state index is 5.66. The predicted octanol–water partition coefficient (Wildman–Crippen LogP) is 2.99. The lowest BCUT2D eigenvalue weighted by molar-refractivity contribution is 0.111. The molecule has 1 heterocycles. The van der Waals surface area contributed by atoms with Crippen molar-refractivity contribution in [3.05, 3.63) is 17.7 Å². The third kappa shape index (κ3) is 2.82. The molecule has 1 saturated heterocycles. The number of ether oxygens (including phenoxy) is 4. The molecule has 2 rings (SSSR count). The summed E-state index contributed by atoms with van der Waals surface area (Å²) in [5, 5.41) is 0. The monoisotopic (exact) mass is 274 g/mol. The van der Waals surface area contributed by atoms with E-state index in [1.165, 1.54) is 0 Å². The van der Waals surface area contributed by atoms with Gasteiger partial charge < -0.3 is 18.9 Å². The van der Waals surface area contributed by atoms with E-state index in [1.54, 1.807) is 21.3 Å². The number of hydrogen-bond acceptors (Lipinski definition) is 4. The van der Waals surface area contributed by atoms with Crippen LogP contribution in [0.1, 0.15) is 24.5 Å². The van der Waals surface area contributed by atoms with E-state index in [0.717, 1.165) is 25.0 Å². The van der Waals surface area contributed by atoms with Crippen molar-refractivity contribution in [1.82, 2.24) is 0 Å². The van der Waals surface area contributed by atoms with Crippen LogP contribution in [0, 0.1) is 0 Å². The molecule has 0 aromatic heterocycles. The van der Waals surface area contributed by atoms with Crippen molar-refractivity contribution in [3.63, 3.8) is 0 Å². The highest BCUT2D eigenvalue weighted by Gasteiger charge is 2.22. The average molecular weight is 275 g/mol. The van der Waals surface area contributed by atoms with Gasteiger partial charge >= 0.3 is 0 Å². The molecule has 1 unspecified atom stereocenters. The molecule has 0 saturated carbocycles. The maximum atomic E-state index is 5.66. The molecule has 1 aromatic carbocycles. The molecule has 1 atom stereocenters. The molecule has 0 bridgehead atoms. The molecule has 0 spiro atoms. The summed E-state index contributed by atoms with van der Waals surface area (Å²) in [6.07, 6.45) is 2.28. The van der Waals surface area contributed by atoms with Crippen molar-refractivity contribution in [2.45, 2.75) is 18.9 Å². The van der Waals surface area contributed by atoms with Crippen molar-refractivity contribution in [2.75, 3.05) is 27.9 Å². The molecule has 1 aliphatic heterocycles. The van der Waals surface area contributed by atoms with E-state index in [9.17, 15) is 0 Å². The van der Waals surface area contributed by atoms with Crippen LogP contribution < -0.4 is 14.2 Å². The van der Waals surface area contributed by atoms with Gasteiger partial charge in [0.05, 0.1) is 27.4 Å². The summed E-state index contributed by atoms with van der Waals surface area (Å²) >= 11 is 0. The summed E-state index contributed by atoms with van der Waals surface area (Å²) in [5.41, 5.74) is 1.08. The average Bonchev–Trinajstić information content (AvgIpc) is 2.90. The van der Waals surface area contributed by atoms with Crippen LogP contribution in [-0.2, 0) is 4.74 Å². The Morgan fingerprint density at radius 3 is 2.06 bits per heavy atom. The SMILES string of the molecule is COc1cc(C2CCCO2)cc(OC)c1OC.Cl. The zero-order valence-corrected chi connectivity index (χ0v) is 11.7. The highest BCUT2D eigenvalue weighted by atomic mass is 35.5. The van der Waals surface area contributed by atoms with Crippen molar-refractivity contribution in [1.29, 1.82) is 0 Å². The van der Waals surface area contributed by atoms with E-state index in [2.05, 4.69) is 0 Å². The first-order valence-corrected chi connectivity index (χ1v) is 5.71. The number of halogens is 1. The molecule has 4 nitrogen and oxygen atoms in total. The topological polar surface area (TPSA) is 36.9 Å². The lowest BCUT2D eigenvalue weighted by Gasteiger charge is -2.16. The van der Waals surface area contributed by atoms with Gasteiger partial charge in [0, 0.05) is 6.61 Å². The number of methoxy groups -OCH3 is 3. The summed E-state index contributed by atoms with van der Waals surface area (Å²) in [7, 11) is 4.85. The van der Waals surface area contributed by atoms with E-state index in [0.29, 0.717) is 17.2 Å². The molecular formula is C13H19ClO4. The van der Waals surface area contributed by atoms with E-state index in [-0.39, 0.29) is 18.5 Å². The van der Waals surface area contributed by atoms with Gasteiger partial charge in [0.15, 0.2) is 11.5 Å². The predicted molar refractivity (Wildman–Crippen MR) is 71.3 cm³/mol. The Labute approximate surface area is 114 Å². The minimum atomic E-state index is 0. The van der Waals surface area contributed by atoms with E-state index >= 15 is 0 Å². The van der Waals surface area contributed by atoms with E-state index < -0.39 is 0 Å². The smallest absolute Gasteiger partial charge is 0.203 e. The molecule has 0 aliphatic carbocycles. The Balaban J connectivity index is 0.00000162. The van der Waals surface area contributed by atoms with Gasteiger partial charge in [-0.05, 0) is 30.5 Å². The normalized spacial score (nSPS) is 18.1. The largest absolute Gasteiger partial charge is 0.493 e. The molecule has 18 heavy (non-hydrogen) atoms. The fourth-order valence-electron chi connectivity index (χ4n) is 2.13. The maximum Gasteiger partial charge on any atom is 0.203 e. The molecule has 102 valence electrons. The van der Waals surface area contributed by atoms with Crippen LogP contribution in [0.4, 0.5) is 0 Å². The third-order valence-electron chi connectivity index (χ3n) is 2.99. The van der Waals surface area contributed by atoms with Gasteiger partial charge in [-0.15, -0.1) is 12.4 Å². The van der Waals surface area contributed by atoms with E-state index in [1.807, 2.05) is 12.1 Å². The van der Waals surface area contributed by atoms with Gasteiger partial charge in [-0.1, -0.05) is 0 Å². The highest BCUT2D eigenvalue weighted by molar-refractivity contribution is 5.85. The second kappa shape index (κ2) is 6.71. The second-order valence-corrected chi connectivity index (χ2v) is 3.96. The van der Waals surface area contributed by atoms with Gasteiger partial charge in [0.25, 0.3) is 0 Å². The lowest BCUT2D eigenvalue weighted by atomic mass is 10.1. The van der Waals surface area contributed by atoms with Crippen molar-refractivity contribution < 1.29 is 18.9 Å². The summed E-state index contributed by atoms with van der Waals surface area (Å²) in [6.45, 7) is 0.821. The summed E-state index contributed by atoms with van der Waals surface area (Å²) in [6, 6.07) is 3.91. The number of benzene rings is 1. The van der Waals surface area contributed by atoms with Crippen LogP contribution in [0.3, 0.4) is 0 Å². The highest BCUT2D eigenvalue weighted by Crippen LogP contribution is 2.41. The van der Waals surface area contributed by atoms with Gasteiger partial charge in [0.1, 0.15) is 0 Å². The summed E-state index contributed by atoms with van der Waals surface area (Å²) in [5.74, 6) is 1.98. The second-order valence-electron chi connectivity index (χ2n) is 3.96.